The lowest BCUT2D eigenvalue weighted by molar-refractivity contribution is -0.194. The van der Waals surface area contributed by atoms with Crippen LogP contribution in [-0.4, -0.2) is 114 Å². The van der Waals surface area contributed by atoms with Gasteiger partial charge < -0.3 is 63.3 Å². The second-order valence-electron chi connectivity index (χ2n) is 33.9. The highest BCUT2D eigenvalue weighted by Gasteiger charge is 2.70. The summed E-state index contributed by atoms with van der Waals surface area (Å²) in [4.78, 5) is 0. The fraction of sp³-hybridized carbons (Fsp3) is 0.308. The highest BCUT2D eigenvalue weighted by molar-refractivity contribution is 7.45. The molecule has 22 heteroatoms. The molecule has 0 bridgehead atoms. The number of rotatable bonds is 16. The summed E-state index contributed by atoms with van der Waals surface area (Å²) in [6, 6.07) is 108. The maximum Gasteiger partial charge on any atom is 0.309 e. The Morgan fingerprint density at radius 3 is 0.794 bits per heavy atom. The molecular formula is C104H114N4O14P4. The van der Waals surface area contributed by atoms with Gasteiger partial charge in [0, 0.05) is 63.9 Å². The van der Waals surface area contributed by atoms with Gasteiger partial charge in [-0.15, -0.1) is 0 Å². The number of hydrogen-bond donors (Lipinski definition) is 0. The van der Waals surface area contributed by atoms with Crippen molar-refractivity contribution in [2.24, 2.45) is 0 Å². The van der Waals surface area contributed by atoms with Gasteiger partial charge in [0.15, 0.2) is 34.0 Å². The van der Waals surface area contributed by atoms with Crippen LogP contribution in [0, 0.1) is 13.8 Å². The van der Waals surface area contributed by atoms with Crippen LogP contribution in [0.1, 0.15) is 123 Å². The van der Waals surface area contributed by atoms with Gasteiger partial charge in [-0.2, -0.15) is 0 Å². The van der Waals surface area contributed by atoms with E-state index in [2.05, 4.69) is 257 Å². The molecule has 0 N–H and O–H groups in total. The predicted octanol–water partition coefficient (Wildman–Crippen LogP) is 26.2. The molecule has 14 aromatic rings. The lowest BCUT2D eigenvalue weighted by Gasteiger charge is -2.44. The molecular weight excluding hydrogens is 1650 g/mol. The molecule has 654 valence electrons. The molecule has 1 spiro atoms. The molecule has 0 unspecified atom stereocenters. The topological polar surface area (TPSA) is 158 Å². The van der Waals surface area contributed by atoms with Crippen LogP contribution in [0.25, 0.3) is 43.9 Å². The molecule has 2 aromatic heterocycles. The van der Waals surface area contributed by atoms with Crippen LogP contribution in [0.2, 0.25) is 0 Å². The van der Waals surface area contributed by atoms with Gasteiger partial charge in [-0.05, 0) is 174 Å². The van der Waals surface area contributed by atoms with E-state index in [1.165, 1.54) is 11.1 Å². The second-order valence-corrected chi connectivity index (χ2v) is 40.1. The van der Waals surface area contributed by atoms with Crippen LogP contribution in [0.5, 0.6) is 11.5 Å². The standard InChI is InChI=1S/C37H42NO4P.C35H36NO4P.C16H18NO4P.C16H18NO2P/c1-27(2)38(28(3)4)43-41-36(29-19-11-7-12-20-29,30-21-13-8-14-22-30)33-34(40-35(5,6)39-33)37(42-43,31-23-15-9-16-24-31)32-25-17-10-18-26-32;1-36(2)41-39-34(27-17-7-3-8-18-27,28-19-9-4-10-20-28)31-32(38-33(37-31)25-15-16-26-33)35(40-41,29-21-11-5-12-22-29)30-23-13-6-14-24-30;1-17(2)22-20-13-9-5-7-11(18-3)15(13)16-12(19-4)8-6-10-14(16)21-22;1-11-7-5-9-13-15(11)16-12(2)8-6-10-14(16)19-20(18-13)17(3)4/h7-28,33-34H,1-6H3;3-14,17-24,31-32H,15-16,25-26H2,1-2H3;5-10H,1-4H3;5-10H,1-4H3/t33-,34-;31-,32-;;/m11../s1. The third-order valence-corrected chi connectivity index (χ3v) is 30.3. The Kier molecular flexibility index (Phi) is 27.4. The smallest absolute Gasteiger partial charge is 0.309 e. The minimum atomic E-state index is -1.69. The van der Waals surface area contributed by atoms with Gasteiger partial charge in [0.2, 0.25) is 0 Å². The van der Waals surface area contributed by atoms with E-state index in [0.717, 1.165) is 126 Å². The van der Waals surface area contributed by atoms with Crippen molar-refractivity contribution in [2.75, 3.05) is 65.8 Å². The maximum absolute atomic E-state index is 7.62. The first kappa shape index (κ1) is 89.8. The molecule has 0 radical (unpaired) electrons. The van der Waals surface area contributed by atoms with Crippen molar-refractivity contribution < 1.29 is 63.3 Å². The Hall–Kier alpha value is -9.58. The van der Waals surface area contributed by atoms with Gasteiger partial charge in [0.1, 0.15) is 58.2 Å². The molecule has 19 rings (SSSR count). The molecule has 1 aliphatic carbocycles. The van der Waals surface area contributed by atoms with Crippen LogP contribution in [0.15, 0.2) is 332 Å². The lowest BCUT2D eigenvalue weighted by Crippen LogP contribution is -2.53. The van der Waals surface area contributed by atoms with Gasteiger partial charge in [-0.3, -0.25) is 0 Å². The molecule has 5 aliphatic rings. The van der Waals surface area contributed by atoms with Crippen molar-refractivity contribution in [3.63, 3.8) is 0 Å². The molecule has 4 saturated heterocycles. The van der Waals surface area contributed by atoms with Crippen molar-refractivity contribution in [1.82, 2.24) is 9.34 Å². The third kappa shape index (κ3) is 17.3. The maximum atomic E-state index is 7.62. The average Bonchev–Trinajstić information content (AvgIpc) is 1.53. The molecule has 4 aliphatic heterocycles. The summed E-state index contributed by atoms with van der Waals surface area (Å²) in [5.41, 5.74) is 9.69. The molecule has 5 fully saturated rings. The van der Waals surface area contributed by atoms with Crippen molar-refractivity contribution >= 4 is 77.3 Å². The number of fused-ring (bicyclic) bond motifs is 8. The van der Waals surface area contributed by atoms with Crippen LogP contribution >= 0.6 is 33.4 Å². The Balaban J connectivity index is 0.000000130. The highest BCUT2D eigenvalue weighted by Crippen LogP contribution is 2.69. The zero-order valence-electron chi connectivity index (χ0n) is 74.6. The van der Waals surface area contributed by atoms with E-state index < -0.39 is 91.8 Å². The minimum absolute atomic E-state index is 0.149. The van der Waals surface area contributed by atoms with E-state index in [-0.39, 0.29) is 12.1 Å². The normalized spacial score (nSPS) is 19.6. The number of ether oxygens (including phenoxy) is 6. The van der Waals surface area contributed by atoms with Crippen molar-refractivity contribution in [1.29, 1.82) is 0 Å². The van der Waals surface area contributed by atoms with Crippen LogP contribution in [0.3, 0.4) is 0 Å². The van der Waals surface area contributed by atoms with Crippen LogP contribution in [-0.2, 0) is 59.4 Å². The van der Waals surface area contributed by atoms with Gasteiger partial charge in [-0.1, -0.05) is 279 Å². The first-order valence-electron chi connectivity index (χ1n) is 43.2. The van der Waals surface area contributed by atoms with Gasteiger partial charge in [-0.25, -0.2) is 18.7 Å². The van der Waals surface area contributed by atoms with E-state index in [9.17, 15) is 0 Å². The van der Waals surface area contributed by atoms with E-state index in [4.69, 9.17) is 63.3 Å². The van der Waals surface area contributed by atoms with E-state index in [0.29, 0.717) is 0 Å². The Morgan fingerprint density at radius 1 is 0.302 bits per heavy atom. The monoisotopic (exact) mass is 1770 g/mol. The van der Waals surface area contributed by atoms with Crippen molar-refractivity contribution in [3.05, 3.63) is 371 Å². The zero-order valence-corrected chi connectivity index (χ0v) is 78.2. The van der Waals surface area contributed by atoms with E-state index in [1.54, 1.807) is 14.2 Å². The molecule has 4 atom stereocenters. The Labute approximate surface area is 745 Å². The fourth-order valence-corrected chi connectivity index (χ4v) is 23.9. The molecule has 1 saturated carbocycles. The third-order valence-electron chi connectivity index (χ3n) is 23.8. The summed E-state index contributed by atoms with van der Waals surface area (Å²) in [7, 11) is 9.47. The Bertz CT molecular complexity index is 5560. The average molecular weight is 1770 g/mol. The summed E-state index contributed by atoms with van der Waals surface area (Å²) in [6.45, 7) is 17.0. The van der Waals surface area contributed by atoms with Crippen molar-refractivity contribution in [2.45, 2.75) is 152 Å². The predicted molar refractivity (Wildman–Crippen MR) is 509 cm³/mol. The second kappa shape index (κ2) is 38.4. The van der Waals surface area contributed by atoms with E-state index in [1.807, 2.05) is 175 Å². The quantitative estimate of drug-likeness (QED) is 0.0840. The summed E-state index contributed by atoms with van der Waals surface area (Å²) < 4.78 is 103. The number of nitrogens with zero attached hydrogens (tertiary/aromatic N) is 4. The Morgan fingerprint density at radius 2 is 0.548 bits per heavy atom. The first-order chi connectivity index (χ1) is 61.0. The zero-order chi connectivity index (χ0) is 88.1. The van der Waals surface area contributed by atoms with Gasteiger partial charge in [0.05, 0.1) is 25.0 Å². The summed E-state index contributed by atoms with van der Waals surface area (Å²) in [6.07, 6.45) is 1.70. The SMILES string of the molecule is CC(C)N(C(C)C)P1OC(c2ccccc2)(c2ccccc2)[C@@H]2OC(C)(C)O[C@H]2C(c2ccccc2)(c2ccccc2)O1.CN(C)P1OC(c2ccccc2)(c2ccccc2)[C@@H]2OC3(CCCC3)O[C@H]2C(c2ccccc2)(c2ccccc2)O1.COc1cccc2op(N(C)C)oc3cccc(OC)c3c12.Cc1cccc2op(N(C)C)oc3cccc(C)c3c12. The molecule has 126 heavy (non-hydrogen) atoms. The molecule has 6 heterocycles. The van der Waals surface area contributed by atoms with Crippen LogP contribution in [0.4, 0.5) is 0 Å². The van der Waals surface area contributed by atoms with Gasteiger partial charge in [0.25, 0.3) is 17.1 Å². The highest BCUT2D eigenvalue weighted by atomic mass is 31.2. The summed E-state index contributed by atoms with van der Waals surface area (Å²) in [5.74, 6) is -0.143. The fourth-order valence-electron chi connectivity index (χ4n) is 18.4. The van der Waals surface area contributed by atoms with E-state index >= 15 is 0 Å². The van der Waals surface area contributed by atoms with Crippen molar-refractivity contribution in [3.8, 4) is 11.5 Å². The molecule has 12 aromatic carbocycles. The van der Waals surface area contributed by atoms with Gasteiger partial charge >= 0.3 is 16.3 Å². The lowest BCUT2D eigenvalue weighted by atomic mass is 9.72. The molecule has 0 amide bonds. The summed E-state index contributed by atoms with van der Waals surface area (Å²) >= 11 is 0. The number of hydrogen-bond acceptors (Lipinski definition) is 18. The number of methoxy groups -OCH3 is 2. The number of aryl methyl sites for hydroxylation is 2. The first-order valence-corrected chi connectivity index (χ1v) is 47.7. The summed E-state index contributed by atoms with van der Waals surface area (Å²) in [5, 5.41) is 3.99. The van der Waals surface area contributed by atoms with Crippen LogP contribution < -0.4 is 18.8 Å². The minimum Gasteiger partial charge on any atom is -0.496 e. The molecule has 18 nitrogen and oxygen atoms in total. The number of benzene rings is 12. The largest absolute Gasteiger partial charge is 0.496 e.